The first-order valence-electron chi connectivity index (χ1n) is 4.28. The van der Waals surface area contributed by atoms with E-state index in [0.29, 0.717) is 5.76 Å². The van der Waals surface area contributed by atoms with Crippen molar-refractivity contribution in [1.29, 1.82) is 0 Å². The van der Waals surface area contributed by atoms with E-state index in [1.165, 1.54) is 6.08 Å². The fraction of sp³-hybridized carbons (Fsp3) is 0.500. The van der Waals surface area contributed by atoms with E-state index in [4.69, 9.17) is 9.47 Å². The number of rotatable bonds is 2. The van der Waals surface area contributed by atoms with Gasteiger partial charge >= 0.3 is 5.97 Å². The van der Waals surface area contributed by atoms with Crippen molar-refractivity contribution in [3.63, 3.8) is 0 Å². The molecule has 0 N–H and O–H groups in total. The highest BCUT2D eigenvalue weighted by Crippen LogP contribution is 2.23. The van der Waals surface area contributed by atoms with Gasteiger partial charge in [0, 0.05) is 0 Å². The van der Waals surface area contributed by atoms with Crippen LogP contribution in [0.25, 0.3) is 0 Å². The lowest BCUT2D eigenvalue weighted by Crippen LogP contribution is -2.29. The van der Waals surface area contributed by atoms with E-state index >= 15 is 0 Å². The molecule has 0 fully saturated rings. The van der Waals surface area contributed by atoms with Gasteiger partial charge in [0.05, 0.1) is 19.1 Å². The summed E-state index contributed by atoms with van der Waals surface area (Å²) in [7, 11) is 1.56. The fourth-order valence-corrected chi connectivity index (χ4v) is 1.32. The predicted molar refractivity (Wildman–Crippen MR) is 49.0 cm³/mol. The van der Waals surface area contributed by atoms with Crippen molar-refractivity contribution >= 4 is 5.97 Å². The number of carbonyl (C=O) groups excluding carboxylic acids is 1. The molecular formula is C10H14O3. The normalized spacial score (nSPS) is 28.5. The Balaban J connectivity index is 2.84. The zero-order chi connectivity index (χ0) is 9.84. The third-order valence-electron chi connectivity index (χ3n) is 2.07. The number of methoxy groups -OCH3 is 1. The summed E-state index contributed by atoms with van der Waals surface area (Å²) in [4.78, 5) is 11.1. The van der Waals surface area contributed by atoms with Crippen LogP contribution in [0.1, 0.15) is 13.8 Å². The molecule has 0 saturated heterocycles. The molecule has 0 amide bonds. The lowest BCUT2D eigenvalue weighted by molar-refractivity contribution is -0.145. The lowest BCUT2D eigenvalue weighted by atomic mass is 9.99. The number of carbonyl (C=O) groups is 1. The number of esters is 1. The van der Waals surface area contributed by atoms with Crippen LogP contribution >= 0.6 is 0 Å². The van der Waals surface area contributed by atoms with E-state index in [1.807, 2.05) is 26.0 Å². The fourth-order valence-electron chi connectivity index (χ4n) is 1.32. The van der Waals surface area contributed by atoms with Crippen LogP contribution in [0.4, 0.5) is 0 Å². The Morgan fingerprint density at radius 3 is 2.85 bits per heavy atom. The highest BCUT2D eigenvalue weighted by atomic mass is 16.6. The number of allylic oxidation sites excluding steroid dienone is 1. The van der Waals surface area contributed by atoms with Gasteiger partial charge in [-0.15, -0.1) is 0 Å². The van der Waals surface area contributed by atoms with E-state index in [2.05, 4.69) is 0 Å². The summed E-state index contributed by atoms with van der Waals surface area (Å²) >= 11 is 0. The minimum Gasteiger partial charge on any atom is -0.500 e. The molecule has 0 bridgehead atoms. The first-order chi connectivity index (χ1) is 6.19. The Bertz CT molecular complexity index is 253. The molecule has 3 nitrogen and oxygen atoms in total. The highest BCUT2D eigenvalue weighted by molar-refractivity contribution is 5.83. The zero-order valence-corrected chi connectivity index (χ0v) is 8.11. The highest BCUT2D eigenvalue weighted by Gasteiger charge is 2.27. The van der Waals surface area contributed by atoms with E-state index in [-0.39, 0.29) is 18.0 Å². The average molecular weight is 182 g/mol. The molecular weight excluding hydrogens is 168 g/mol. The lowest BCUT2D eigenvalue weighted by Gasteiger charge is -2.26. The van der Waals surface area contributed by atoms with Crippen LogP contribution in [0.2, 0.25) is 0 Å². The minimum absolute atomic E-state index is 0.0962. The van der Waals surface area contributed by atoms with Crippen LogP contribution in [0.15, 0.2) is 24.0 Å². The molecule has 3 heteroatoms. The molecule has 1 aliphatic heterocycles. The van der Waals surface area contributed by atoms with Crippen molar-refractivity contribution in [2.45, 2.75) is 20.0 Å². The van der Waals surface area contributed by atoms with Crippen LogP contribution in [0.5, 0.6) is 0 Å². The third-order valence-corrected chi connectivity index (χ3v) is 2.07. The van der Waals surface area contributed by atoms with Crippen molar-refractivity contribution in [1.82, 2.24) is 0 Å². The second-order valence-corrected chi connectivity index (χ2v) is 2.97. The predicted octanol–water partition coefficient (Wildman–Crippen LogP) is 1.65. The molecule has 0 aliphatic carbocycles. The summed E-state index contributed by atoms with van der Waals surface area (Å²) in [6.07, 6.45) is 4.92. The average Bonchev–Trinajstić information content (AvgIpc) is 2.11. The van der Waals surface area contributed by atoms with Crippen LogP contribution in [-0.2, 0) is 14.3 Å². The Kier molecular flexibility index (Phi) is 3.12. The smallest absolute Gasteiger partial charge is 0.334 e. The number of hydrogen-bond acceptors (Lipinski definition) is 3. The van der Waals surface area contributed by atoms with Crippen molar-refractivity contribution in [3.05, 3.63) is 24.0 Å². The van der Waals surface area contributed by atoms with Gasteiger partial charge in [0.15, 0.2) is 0 Å². The van der Waals surface area contributed by atoms with E-state index in [1.54, 1.807) is 7.11 Å². The van der Waals surface area contributed by atoms with Gasteiger partial charge in [0.25, 0.3) is 0 Å². The van der Waals surface area contributed by atoms with Gasteiger partial charge in [0.1, 0.15) is 11.9 Å². The van der Waals surface area contributed by atoms with Crippen LogP contribution in [-0.4, -0.2) is 19.2 Å². The van der Waals surface area contributed by atoms with Gasteiger partial charge in [-0.2, -0.15) is 0 Å². The molecule has 0 radical (unpaired) electrons. The molecule has 1 rings (SSSR count). The molecule has 0 saturated carbocycles. The van der Waals surface area contributed by atoms with E-state index < -0.39 is 0 Å². The summed E-state index contributed by atoms with van der Waals surface area (Å²) in [6.45, 7) is 3.86. The molecule has 0 spiro atoms. The zero-order valence-electron chi connectivity index (χ0n) is 8.11. The number of ether oxygens (including phenoxy) is 2. The molecule has 0 aromatic heterocycles. The topological polar surface area (TPSA) is 35.5 Å². The number of hydrogen-bond donors (Lipinski definition) is 0. The number of cyclic esters (lactones) is 1. The summed E-state index contributed by atoms with van der Waals surface area (Å²) in [6, 6.07) is 0. The molecule has 0 aromatic rings. The Labute approximate surface area is 78.0 Å². The summed E-state index contributed by atoms with van der Waals surface area (Å²) in [5.74, 6) is 0.441. The second-order valence-electron chi connectivity index (χ2n) is 2.97. The van der Waals surface area contributed by atoms with E-state index in [9.17, 15) is 4.79 Å². The van der Waals surface area contributed by atoms with Crippen LogP contribution in [0.3, 0.4) is 0 Å². The van der Waals surface area contributed by atoms with Crippen molar-refractivity contribution in [3.8, 4) is 0 Å². The largest absolute Gasteiger partial charge is 0.500 e. The monoisotopic (exact) mass is 182 g/mol. The summed E-state index contributed by atoms with van der Waals surface area (Å²) in [5.41, 5.74) is 0. The first kappa shape index (κ1) is 9.84. The van der Waals surface area contributed by atoms with Crippen molar-refractivity contribution in [2.75, 3.05) is 7.11 Å². The van der Waals surface area contributed by atoms with Gasteiger partial charge in [-0.05, 0) is 13.0 Å². The van der Waals surface area contributed by atoms with Gasteiger partial charge in [-0.25, -0.2) is 4.79 Å². The minimum atomic E-state index is -0.335. The molecule has 13 heavy (non-hydrogen) atoms. The van der Waals surface area contributed by atoms with E-state index in [0.717, 1.165) is 0 Å². The van der Waals surface area contributed by atoms with Gasteiger partial charge in [-0.3, -0.25) is 0 Å². The molecule has 0 unspecified atom stereocenters. The summed E-state index contributed by atoms with van der Waals surface area (Å²) in [5, 5.41) is 0. The maximum absolute atomic E-state index is 11.1. The van der Waals surface area contributed by atoms with Crippen LogP contribution < -0.4 is 0 Å². The second kappa shape index (κ2) is 4.12. The molecule has 0 aromatic carbocycles. The van der Waals surface area contributed by atoms with Crippen molar-refractivity contribution < 1.29 is 14.3 Å². The maximum Gasteiger partial charge on any atom is 0.334 e. The molecule has 2 atom stereocenters. The molecule has 72 valence electrons. The standard InChI is InChI=1S/C10H14O3/c1-4-5-8-7(2)9(12-3)6-10(11)13-8/h4-8H,1-3H3/b5-4+/t7-,8+/m1/s1. The third kappa shape index (κ3) is 2.11. The molecule has 1 aliphatic rings. The van der Waals surface area contributed by atoms with Gasteiger partial charge in [-0.1, -0.05) is 13.0 Å². The Morgan fingerprint density at radius 1 is 1.62 bits per heavy atom. The first-order valence-corrected chi connectivity index (χ1v) is 4.28. The maximum atomic E-state index is 11.1. The van der Waals surface area contributed by atoms with Gasteiger partial charge < -0.3 is 9.47 Å². The SMILES string of the molecule is C/C=C/[C@@H]1OC(=O)C=C(OC)[C@@H]1C. The summed E-state index contributed by atoms with van der Waals surface area (Å²) < 4.78 is 10.2. The van der Waals surface area contributed by atoms with Gasteiger partial charge in [0.2, 0.25) is 0 Å². The van der Waals surface area contributed by atoms with Crippen molar-refractivity contribution in [2.24, 2.45) is 5.92 Å². The Morgan fingerprint density at radius 2 is 2.31 bits per heavy atom. The quantitative estimate of drug-likeness (QED) is 0.481. The Hall–Kier alpha value is -1.25. The van der Waals surface area contributed by atoms with Crippen LogP contribution in [0, 0.1) is 5.92 Å². The molecule has 1 heterocycles.